The Bertz CT molecular complexity index is 305. The maximum absolute atomic E-state index is 5.47. The van der Waals surface area contributed by atoms with E-state index in [4.69, 9.17) is 4.74 Å². The molecule has 2 rings (SSSR count). The van der Waals surface area contributed by atoms with Gasteiger partial charge in [-0.3, -0.25) is 0 Å². The first-order valence-corrected chi connectivity index (χ1v) is 5.82. The summed E-state index contributed by atoms with van der Waals surface area (Å²) in [4.78, 5) is 0. The lowest BCUT2D eigenvalue weighted by molar-refractivity contribution is 0.0876. The fourth-order valence-corrected chi connectivity index (χ4v) is 2.04. The smallest absolute Gasteiger partial charge is 0.0667 e. The summed E-state index contributed by atoms with van der Waals surface area (Å²) < 4.78 is 5.47. The molecule has 0 aromatic heterocycles. The van der Waals surface area contributed by atoms with Crippen LogP contribution in [0, 0.1) is 0 Å². The second kappa shape index (κ2) is 5.17. The highest BCUT2D eigenvalue weighted by Crippen LogP contribution is 2.19. The topological polar surface area (TPSA) is 21.3 Å². The van der Waals surface area contributed by atoms with Crippen molar-refractivity contribution in [1.29, 1.82) is 0 Å². The number of hydrogen-bond acceptors (Lipinski definition) is 2. The van der Waals surface area contributed by atoms with Crippen LogP contribution in [0.25, 0.3) is 0 Å². The first-order valence-electron chi connectivity index (χ1n) is 5.82. The Labute approximate surface area is 91.6 Å². The van der Waals surface area contributed by atoms with Gasteiger partial charge in [-0.2, -0.15) is 0 Å². The SMILES string of the molecule is CCc1ccccc1NC1CCCOC1. The van der Waals surface area contributed by atoms with E-state index in [2.05, 4.69) is 36.5 Å². The molecule has 2 nitrogen and oxygen atoms in total. The predicted octanol–water partition coefficient (Wildman–Crippen LogP) is 2.84. The number of rotatable bonds is 3. The molecule has 82 valence electrons. The first-order chi connectivity index (χ1) is 7.40. The van der Waals surface area contributed by atoms with Gasteiger partial charge in [-0.1, -0.05) is 25.1 Å². The zero-order valence-corrected chi connectivity index (χ0v) is 9.33. The fraction of sp³-hybridized carbons (Fsp3) is 0.538. The van der Waals surface area contributed by atoms with Crippen LogP contribution in [0.15, 0.2) is 24.3 Å². The number of nitrogens with one attached hydrogen (secondary N) is 1. The van der Waals surface area contributed by atoms with Gasteiger partial charge in [0.1, 0.15) is 0 Å². The summed E-state index contributed by atoms with van der Waals surface area (Å²) in [5.74, 6) is 0. The molecule has 0 bridgehead atoms. The zero-order valence-electron chi connectivity index (χ0n) is 9.33. The molecule has 1 aromatic rings. The van der Waals surface area contributed by atoms with Crippen molar-refractivity contribution < 1.29 is 4.74 Å². The lowest BCUT2D eigenvalue weighted by Gasteiger charge is -2.25. The van der Waals surface area contributed by atoms with E-state index in [1.165, 1.54) is 24.1 Å². The third-order valence-electron chi connectivity index (χ3n) is 2.92. The largest absolute Gasteiger partial charge is 0.380 e. The standard InChI is InChI=1S/C13H19NO/c1-2-11-6-3-4-8-13(11)14-12-7-5-9-15-10-12/h3-4,6,8,12,14H,2,5,7,9-10H2,1H3. The van der Waals surface area contributed by atoms with Crippen molar-refractivity contribution in [2.24, 2.45) is 0 Å². The molecule has 0 saturated carbocycles. The minimum Gasteiger partial charge on any atom is -0.380 e. The molecule has 1 unspecified atom stereocenters. The second-order valence-electron chi connectivity index (χ2n) is 4.07. The molecule has 0 spiro atoms. The normalized spacial score (nSPS) is 21.3. The molecular weight excluding hydrogens is 186 g/mol. The van der Waals surface area contributed by atoms with Crippen LogP contribution >= 0.6 is 0 Å². The van der Waals surface area contributed by atoms with E-state index in [9.17, 15) is 0 Å². The van der Waals surface area contributed by atoms with Gasteiger partial charge in [-0.05, 0) is 30.9 Å². The van der Waals surface area contributed by atoms with Gasteiger partial charge in [0, 0.05) is 18.3 Å². The van der Waals surface area contributed by atoms with Crippen molar-refractivity contribution >= 4 is 5.69 Å². The van der Waals surface area contributed by atoms with E-state index < -0.39 is 0 Å². The summed E-state index contributed by atoms with van der Waals surface area (Å²) in [6.07, 6.45) is 3.47. The minimum atomic E-state index is 0.492. The summed E-state index contributed by atoms with van der Waals surface area (Å²) in [6.45, 7) is 3.96. The van der Waals surface area contributed by atoms with Crippen molar-refractivity contribution in [2.75, 3.05) is 18.5 Å². The van der Waals surface area contributed by atoms with Crippen LogP contribution < -0.4 is 5.32 Å². The number of benzene rings is 1. The molecule has 0 amide bonds. The van der Waals surface area contributed by atoms with Crippen LogP contribution in [0.2, 0.25) is 0 Å². The molecule has 1 fully saturated rings. The molecule has 1 saturated heterocycles. The Morgan fingerprint density at radius 1 is 1.40 bits per heavy atom. The lowest BCUT2D eigenvalue weighted by Crippen LogP contribution is -2.30. The van der Waals surface area contributed by atoms with Gasteiger partial charge in [-0.25, -0.2) is 0 Å². The van der Waals surface area contributed by atoms with E-state index in [-0.39, 0.29) is 0 Å². The van der Waals surface area contributed by atoms with Crippen LogP contribution in [-0.4, -0.2) is 19.3 Å². The van der Waals surface area contributed by atoms with Crippen LogP contribution in [-0.2, 0) is 11.2 Å². The molecule has 1 aliphatic heterocycles. The van der Waals surface area contributed by atoms with Gasteiger partial charge in [0.2, 0.25) is 0 Å². The Balaban J connectivity index is 2.02. The van der Waals surface area contributed by atoms with Crippen LogP contribution in [0.5, 0.6) is 0 Å². The quantitative estimate of drug-likeness (QED) is 0.819. The van der Waals surface area contributed by atoms with E-state index >= 15 is 0 Å². The summed E-state index contributed by atoms with van der Waals surface area (Å²) >= 11 is 0. The number of hydrogen-bond donors (Lipinski definition) is 1. The zero-order chi connectivity index (χ0) is 10.5. The van der Waals surface area contributed by atoms with E-state index in [1.54, 1.807) is 0 Å². The van der Waals surface area contributed by atoms with Gasteiger partial charge < -0.3 is 10.1 Å². The molecule has 1 aromatic carbocycles. The van der Waals surface area contributed by atoms with Crippen LogP contribution in [0.1, 0.15) is 25.3 Å². The number of anilines is 1. The summed E-state index contributed by atoms with van der Waals surface area (Å²) in [6, 6.07) is 9.03. The van der Waals surface area contributed by atoms with E-state index in [0.717, 1.165) is 19.6 Å². The monoisotopic (exact) mass is 205 g/mol. The Morgan fingerprint density at radius 3 is 3.00 bits per heavy atom. The highest BCUT2D eigenvalue weighted by atomic mass is 16.5. The van der Waals surface area contributed by atoms with Crippen molar-refractivity contribution in [2.45, 2.75) is 32.2 Å². The maximum Gasteiger partial charge on any atom is 0.0667 e. The third-order valence-corrected chi connectivity index (χ3v) is 2.92. The summed E-state index contributed by atoms with van der Waals surface area (Å²) in [7, 11) is 0. The van der Waals surface area contributed by atoms with Crippen molar-refractivity contribution in [1.82, 2.24) is 0 Å². The molecule has 1 N–H and O–H groups in total. The Kier molecular flexibility index (Phi) is 3.62. The average Bonchev–Trinajstić information content (AvgIpc) is 2.31. The average molecular weight is 205 g/mol. The first kappa shape index (κ1) is 10.5. The minimum absolute atomic E-state index is 0.492. The highest BCUT2D eigenvalue weighted by Gasteiger charge is 2.14. The Hall–Kier alpha value is -1.02. The summed E-state index contributed by atoms with van der Waals surface area (Å²) in [5.41, 5.74) is 2.67. The van der Waals surface area contributed by atoms with Gasteiger partial charge >= 0.3 is 0 Å². The third kappa shape index (κ3) is 2.72. The highest BCUT2D eigenvalue weighted by molar-refractivity contribution is 5.51. The number of para-hydroxylation sites is 1. The van der Waals surface area contributed by atoms with Gasteiger partial charge in [-0.15, -0.1) is 0 Å². The van der Waals surface area contributed by atoms with Crippen LogP contribution in [0.4, 0.5) is 5.69 Å². The molecule has 15 heavy (non-hydrogen) atoms. The fourth-order valence-electron chi connectivity index (χ4n) is 2.04. The molecular formula is C13H19NO. The van der Waals surface area contributed by atoms with Gasteiger partial charge in [0.15, 0.2) is 0 Å². The lowest BCUT2D eigenvalue weighted by atomic mass is 10.1. The molecule has 2 heteroatoms. The molecule has 1 atom stereocenters. The number of aryl methyl sites for hydroxylation is 1. The van der Waals surface area contributed by atoms with E-state index in [0.29, 0.717) is 6.04 Å². The number of ether oxygens (including phenoxy) is 1. The molecule has 1 heterocycles. The maximum atomic E-state index is 5.47. The van der Waals surface area contributed by atoms with Gasteiger partial charge in [0.05, 0.1) is 6.61 Å². The summed E-state index contributed by atoms with van der Waals surface area (Å²) in [5, 5.41) is 3.58. The van der Waals surface area contributed by atoms with E-state index in [1.807, 2.05) is 0 Å². The Morgan fingerprint density at radius 2 is 2.27 bits per heavy atom. The van der Waals surface area contributed by atoms with Crippen molar-refractivity contribution in [3.8, 4) is 0 Å². The predicted molar refractivity (Wildman–Crippen MR) is 63.3 cm³/mol. The van der Waals surface area contributed by atoms with Gasteiger partial charge in [0.25, 0.3) is 0 Å². The molecule has 0 aliphatic carbocycles. The van der Waals surface area contributed by atoms with Crippen molar-refractivity contribution in [3.05, 3.63) is 29.8 Å². The molecule has 0 radical (unpaired) electrons. The second-order valence-corrected chi connectivity index (χ2v) is 4.07. The van der Waals surface area contributed by atoms with Crippen LogP contribution in [0.3, 0.4) is 0 Å². The molecule has 1 aliphatic rings. The van der Waals surface area contributed by atoms with Crippen molar-refractivity contribution in [3.63, 3.8) is 0 Å².